The summed E-state index contributed by atoms with van der Waals surface area (Å²) < 4.78 is 7.86. The van der Waals surface area contributed by atoms with E-state index in [1.54, 1.807) is 7.11 Å². The second-order valence-corrected chi connectivity index (χ2v) is 4.99. The highest BCUT2D eigenvalue weighted by atomic mass is 35.5. The summed E-state index contributed by atoms with van der Waals surface area (Å²) in [6, 6.07) is 3.89. The van der Waals surface area contributed by atoms with Crippen molar-refractivity contribution >= 4 is 22.5 Å². The van der Waals surface area contributed by atoms with E-state index in [0.717, 1.165) is 47.7 Å². The molecule has 3 rings (SSSR count). The van der Waals surface area contributed by atoms with E-state index in [4.69, 9.17) is 16.3 Å². The normalized spacial score (nSPS) is 14.8. The van der Waals surface area contributed by atoms with E-state index in [2.05, 4.69) is 16.8 Å². The van der Waals surface area contributed by atoms with Crippen LogP contribution in [0.4, 0.5) is 0 Å². The van der Waals surface area contributed by atoms with Gasteiger partial charge in [-0.25, -0.2) is 0 Å². The van der Waals surface area contributed by atoms with Crippen molar-refractivity contribution in [3.8, 4) is 5.75 Å². The van der Waals surface area contributed by atoms with E-state index in [9.17, 15) is 0 Å². The van der Waals surface area contributed by atoms with Gasteiger partial charge >= 0.3 is 0 Å². The van der Waals surface area contributed by atoms with Crippen LogP contribution in [0.2, 0.25) is 5.02 Å². The summed E-state index contributed by atoms with van der Waals surface area (Å²) in [4.78, 5) is 0. The first kappa shape index (κ1) is 11.9. The zero-order chi connectivity index (χ0) is 12.7. The number of benzene rings is 1. The average Bonchev–Trinajstić information content (AvgIpc) is 2.75. The Hall–Kier alpha value is -1.19. The van der Waals surface area contributed by atoms with Crippen LogP contribution in [0.3, 0.4) is 0 Å². The van der Waals surface area contributed by atoms with Crippen molar-refractivity contribution in [2.45, 2.75) is 26.4 Å². The molecule has 2 heterocycles. The Labute approximate surface area is 112 Å². The van der Waals surface area contributed by atoms with E-state index in [0.29, 0.717) is 0 Å². The monoisotopic (exact) mass is 264 g/mol. The van der Waals surface area contributed by atoms with Crippen LogP contribution in [-0.2, 0) is 19.5 Å². The number of ether oxygens (including phenoxy) is 1. The Bertz CT molecular complexity index is 604. The van der Waals surface area contributed by atoms with Crippen molar-refractivity contribution in [3.63, 3.8) is 0 Å². The summed E-state index contributed by atoms with van der Waals surface area (Å²) in [6.07, 6.45) is 0.993. The van der Waals surface area contributed by atoms with E-state index in [1.165, 1.54) is 11.3 Å². The Morgan fingerprint density at radius 3 is 3.00 bits per heavy atom. The lowest BCUT2D eigenvalue weighted by atomic mass is 10.1. The standard InChI is InChI=1S/C14H17ClN2O/c1-3-9-11-8-16-6-7-17(11)14-12(18-2)5-4-10(15)13(9)14/h4-5,16H,3,6-8H2,1-2H3. The molecule has 1 N–H and O–H groups in total. The van der Waals surface area contributed by atoms with Crippen LogP contribution in [0, 0.1) is 0 Å². The molecule has 0 aliphatic carbocycles. The molecule has 96 valence electrons. The van der Waals surface area contributed by atoms with E-state index in [1.807, 2.05) is 12.1 Å². The van der Waals surface area contributed by atoms with Gasteiger partial charge in [-0.2, -0.15) is 0 Å². The first-order valence-electron chi connectivity index (χ1n) is 6.35. The number of rotatable bonds is 2. The van der Waals surface area contributed by atoms with Crippen LogP contribution in [0.15, 0.2) is 12.1 Å². The van der Waals surface area contributed by atoms with Crippen LogP contribution < -0.4 is 10.1 Å². The predicted molar refractivity (Wildman–Crippen MR) is 74.6 cm³/mol. The maximum atomic E-state index is 6.40. The molecule has 2 aromatic rings. The largest absolute Gasteiger partial charge is 0.495 e. The molecule has 4 heteroatoms. The zero-order valence-electron chi connectivity index (χ0n) is 10.7. The molecule has 18 heavy (non-hydrogen) atoms. The highest BCUT2D eigenvalue weighted by molar-refractivity contribution is 6.36. The summed E-state index contributed by atoms with van der Waals surface area (Å²) >= 11 is 6.40. The van der Waals surface area contributed by atoms with E-state index in [-0.39, 0.29) is 0 Å². The predicted octanol–water partition coefficient (Wildman–Crippen LogP) is 2.97. The summed E-state index contributed by atoms with van der Waals surface area (Å²) in [5.74, 6) is 0.914. The number of aromatic nitrogens is 1. The third-order valence-corrected chi connectivity index (χ3v) is 4.03. The van der Waals surface area contributed by atoms with Gasteiger partial charge in [0.15, 0.2) is 0 Å². The lowest BCUT2D eigenvalue weighted by molar-refractivity contribution is 0.415. The minimum atomic E-state index is 0.824. The highest BCUT2D eigenvalue weighted by Gasteiger charge is 2.22. The minimum Gasteiger partial charge on any atom is -0.495 e. The van der Waals surface area contributed by atoms with Crippen molar-refractivity contribution in [1.82, 2.24) is 9.88 Å². The number of hydrogen-bond acceptors (Lipinski definition) is 2. The minimum absolute atomic E-state index is 0.824. The fourth-order valence-electron chi connectivity index (χ4n) is 2.94. The zero-order valence-corrected chi connectivity index (χ0v) is 11.5. The number of nitrogens with one attached hydrogen (secondary N) is 1. The Kier molecular flexibility index (Phi) is 2.96. The molecule has 3 nitrogen and oxygen atoms in total. The number of nitrogens with zero attached hydrogens (tertiary/aromatic N) is 1. The number of methoxy groups -OCH3 is 1. The molecule has 1 aliphatic heterocycles. The molecular formula is C14H17ClN2O. The SMILES string of the molecule is CCc1c2n(c3c(OC)ccc(Cl)c13)CCNC2. The second kappa shape index (κ2) is 4.48. The molecule has 0 saturated carbocycles. The molecule has 0 fully saturated rings. The van der Waals surface area contributed by atoms with Crippen molar-refractivity contribution in [1.29, 1.82) is 0 Å². The van der Waals surface area contributed by atoms with Gasteiger partial charge in [0, 0.05) is 30.7 Å². The highest BCUT2D eigenvalue weighted by Crippen LogP contribution is 2.38. The maximum absolute atomic E-state index is 6.40. The van der Waals surface area contributed by atoms with Gasteiger partial charge in [-0.05, 0) is 24.1 Å². The van der Waals surface area contributed by atoms with E-state index < -0.39 is 0 Å². The number of halogens is 1. The lowest BCUT2D eigenvalue weighted by Gasteiger charge is -2.19. The third kappa shape index (κ3) is 1.54. The van der Waals surface area contributed by atoms with Crippen LogP contribution in [0.1, 0.15) is 18.2 Å². The molecule has 0 saturated heterocycles. The van der Waals surface area contributed by atoms with Crippen LogP contribution in [0.5, 0.6) is 5.75 Å². The first-order chi connectivity index (χ1) is 8.77. The van der Waals surface area contributed by atoms with Crippen LogP contribution in [-0.4, -0.2) is 18.2 Å². The van der Waals surface area contributed by atoms with Gasteiger partial charge in [-0.3, -0.25) is 0 Å². The molecule has 0 spiro atoms. The molecule has 1 aromatic heterocycles. The van der Waals surface area contributed by atoms with Crippen LogP contribution in [0.25, 0.3) is 10.9 Å². The second-order valence-electron chi connectivity index (χ2n) is 4.58. The van der Waals surface area contributed by atoms with Crippen LogP contribution >= 0.6 is 11.6 Å². The van der Waals surface area contributed by atoms with E-state index >= 15 is 0 Å². The third-order valence-electron chi connectivity index (χ3n) is 3.71. The molecule has 0 bridgehead atoms. The maximum Gasteiger partial charge on any atom is 0.143 e. The van der Waals surface area contributed by atoms with Crippen molar-refractivity contribution in [3.05, 3.63) is 28.4 Å². The summed E-state index contributed by atoms with van der Waals surface area (Å²) in [5.41, 5.74) is 3.85. The molecule has 1 aromatic carbocycles. The summed E-state index contributed by atoms with van der Waals surface area (Å²) in [6.45, 7) is 5.06. The quantitative estimate of drug-likeness (QED) is 0.903. The summed E-state index contributed by atoms with van der Waals surface area (Å²) in [7, 11) is 1.72. The fraction of sp³-hybridized carbons (Fsp3) is 0.429. The fourth-order valence-corrected chi connectivity index (χ4v) is 3.20. The van der Waals surface area contributed by atoms with Crippen molar-refractivity contribution in [2.24, 2.45) is 0 Å². The molecule has 0 radical (unpaired) electrons. The van der Waals surface area contributed by atoms with Gasteiger partial charge in [-0.1, -0.05) is 18.5 Å². The average molecular weight is 265 g/mol. The topological polar surface area (TPSA) is 26.2 Å². The smallest absolute Gasteiger partial charge is 0.143 e. The first-order valence-corrected chi connectivity index (χ1v) is 6.72. The molecule has 0 unspecified atom stereocenters. The molecule has 0 atom stereocenters. The molecule has 1 aliphatic rings. The number of hydrogen-bond donors (Lipinski definition) is 1. The Morgan fingerprint density at radius 1 is 1.44 bits per heavy atom. The summed E-state index contributed by atoms with van der Waals surface area (Å²) in [5, 5.41) is 5.42. The lowest BCUT2D eigenvalue weighted by Crippen LogP contribution is -2.28. The van der Waals surface area contributed by atoms with Crippen molar-refractivity contribution in [2.75, 3.05) is 13.7 Å². The van der Waals surface area contributed by atoms with Gasteiger partial charge in [-0.15, -0.1) is 0 Å². The van der Waals surface area contributed by atoms with Gasteiger partial charge < -0.3 is 14.6 Å². The number of fused-ring (bicyclic) bond motifs is 3. The van der Waals surface area contributed by atoms with Gasteiger partial charge in [0.05, 0.1) is 17.6 Å². The Balaban J connectivity index is 2.44. The number of aryl methyl sites for hydroxylation is 1. The molecular weight excluding hydrogens is 248 g/mol. The Morgan fingerprint density at radius 2 is 2.28 bits per heavy atom. The van der Waals surface area contributed by atoms with Gasteiger partial charge in [0.25, 0.3) is 0 Å². The van der Waals surface area contributed by atoms with Gasteiger partial charge in [0.1, 0.15) is 5.75 Å². The van der Waals surface area contributed by atoms with Gasteiger partial charge in [0.2, 0.25) is 0 Å². The van der Waals surface area contributed by atoms with Crippen molar-refractivity contribution < 1.29 is 4.74 Å². The molecule has 0 amide bonds.